The van der Waals surface area contributed by atoms with E-state index in [2.05, 4.69) is 32.9 Å². The molecule has 2 rings (SSSR count). The second-order valence-corrected chi connectivity index (χ2v) is 4.77. The van der Waals surface area contributed by atoms with Crippen molar-refractivity contribution in [3.63, 3.8) is 0 Å². The summed E-state index contributed by atoms with van der Waals surface area (Å²) in [4.78, 5) is 0. The van der Waals surface area contributed by atoms with Crippen LogP contribution in [0, 0.1) is 20.8 Å². The topological polar surface area (TPSA) is 40.5 Å². The summed E-state index contributed by atoms with van der Waals surface area (Å²) in [6.45, 7) is 6.29. The van der Waals surface area contributed by atoms with E-state index in [9.17, 15) is 0 Å². The van der Waals surface area contributed by atoms with Gasteiger partial charge in [-0.3, -0.25) is 0 Å². The SMILES string of the molecule is Cc1cc(C)c(-c2ccc(B(O)O)cc2)c(C)c1. The number of hydrogen-bond acceptors (Lipinski definition) is 2. The van der Waals surface area contributed by atoms with Crippen LogP contribution in [0.5, 0.6) is 0 Å². The highest BCUT2D eigenvalue weighted by molar-refractivity contribution is 6.58. The zero-order valence-electron chi connectivity index (χ0n) is 10.9. The molecular formula is C15H17BO2. The van der Waals surface area contributed by atoms with Crippen LogP contribution in [0.15, 0.2) is 36.4 Å². The standard InChI is InChI=1S/C15H17BO2/c1-10-8-11(2)15(12(3)9-10)13-4-6-14(7-5-13)16(17)18/h4-9,17-18H,1-3H3. The molecule has 0 aromatic heterocycles. The third-order valence-electron chi connectivity index (χ3n) is 3.17. The van der Waals surface area contributed by atoms with E-state index in [1.807, 2.05) is 12.1 Å². The van der Waals surface area contributed by atoms with Crippen molar-refractivity contribution < 1.29 is 10.0 Å². The average Bonchev–Trinajstić information content (AvgIpc) is 2.28. The molecule has 0 aliphatic carbocycles. The predicted molar refractivity (Wildman–Crippen MR) is 75.9 cm³/mol. The maximum atomic E-state index is 9.09. The molecule has 0 amide bonds. The molecule has 0 heterocycles. The van der Waals surface area contributed by atoms with Gasteiger partial charge in [0.25, 0.3) is 0 Å². The zero-order chi connectivity index (χ0) is 13.3. The smallest absolute Gasteiger partial charge is 0.423 e. The number of hydrogen-bond donors (Lipinski definition) is 2. The molecule has 0 bridgehead atoms. The highest BCUT2D eigenvalue weighted by atomic mass is 16.4. The molecule has 18 heavy (non-hydrogen) atoms. The number of benzene rings is 2. The van der Waals surface area contributed by atoms with Gasteiger partial charge in [-0.15, -0.1) is 0 Å². The van der Waals surface area contributed by atoms with Crippen molar-refractivity contribution in [1.82, 2.24) is 0 Å². The van der Waals surface area contributed by atoms with Crippen LogP contribution >= 0.6 is 0 Å². The lowest BCUT2D eigenvalue weighted by Crippen LogP contribution is -2.29. The summed E-state index contributed by atoms with van der Waals surface area (Å²) in [5, 5.41) is 18.2. The Labute approximate surface area is 108 Å². The molecule has 0 aliphatic rings. The van der Waals surface area contributed by atoms with Gasteiger partial charge < -0.3 is 10.0 Å². The molecule has 2 N–H and O–H groups in total. The van der Waals surface area contributed by atoms with Gasteiger partial charge in [-0.1, -0.05) is 42.0 Å². The van der Waals surface area contributed by atoms with Crippen molar-refractivity contribution >= 4 is 12.6 Å². The molecule has 0 aliphatic heterocycles. The molecule has 0 fully saturated rings. The maximum Gasteiger partial charge on any atom is 0.488 e. The van der Waals surface area contributed by atoms with Crippen LogP contribution in [-0.4, -0.2) is 17.2 Å². The Bertz CT molecular complexity index is 536. The molecule has 2 aromatic rings. The highest BCUT2D eigenvalue weighted by Gasteiger charge is 2.11. The van der Waals surface area contributed by atoms with Crippen LogP contribution in [0.25, 0.3) is 11.1 Å². The Morgan fingerprint density at radius 1 is 0.833 bits per heavy atom. The van der Waals surface area contributed by atoms with Crippen LogP contribution in [0.2, 0.25) is 0 Å². The van der Waals surface area contributed by atoms with E-state index in [-0.39, 0.29) is 0 Å². The van der Waals surface area contributed by atoms with E-state index < -0.39 is 7.12 Å². The molecule has 3 heteroatoms. The first-order valence-corrected chi connectivity index (χ1v) is 6.03. The van der Waals surface area contributed by atoms with Gasteiger partial charge in [-0.05, 0) is 48.5 Å². The first kappa shape index (κ1) is 12.9. The van der Waals surface area contributed by atoms with E-state index >= 15 is 0 Å². The van der Waals surface area contributed by atoms with Gasteiger partial charge in [0.05, 0.1) is 0 Å². The molecule has 0 saturated heterocycles. The zero-order valence-corrected chi connectivity index (χ0v) is 10.9. The molecule has 2 nitrogen and oxygen atoms in total. The summed E-state index contributed by atoms with van der Waals surface area (Å²) in [5.74, 6) is 0. The Balaban J connectivity index is 2.49. The van der Waals surface area contributed by atoms with Crippen LogP contribution < -0.4 is 5.46 Å². The highest BCUT2D eigenvalue weighted by Crippen LogP contribution is 2.27. The average molecular weight is 240 g/mol. The van der Waals surface area contributed by atoms with Crippen molar-refractivity contribution in [2.24, 2.45) is 0 Å². The first-order chi connectivity index (χ1) is 8.49. The quantitative estimate of drug-likeness (QED) is 0.788. The van der Waals surface area contributed by atoms with E-state index in [0.29, 0.717) is 5.46 Å². The predicted octanol–water partition coefficient (Wildman–Crippen LogP) is 1.96. The molecule has 0 unspecified atom stereocenters. The summed E-state index contributed by atoms with van der Waals surface area (Å²) in [7, 11) is -1.40. The summed E-state index contributed by atoms with van der Waals surface area (Å²) in [6, 6.07) is 11.7. The van der Waals surface area contributed by atoms with Gasteiger partial charge in [0.1, 0.15) is 0 Å². The summed E-state index contributed by atoms with van der Waals surface area (Å²) in [5.41, 5.74) is 6.58. The van der Waals surface area contributed by atoms with Crippen molar-refractivity contribution in [1.29, 1.82) is 0 Å². The Morgan fingerprint density at radius 3 is 1.78 bits per heavy atom. The Hall–Kier alpha value is -1.58. The van der Waals surface area contributed by atoms with Gasteiger partial charge >= 0.3 is 7.12 Å². The fourth-order valence-electron chi connectivity index (χ4n) is 2.46. The Kier molecular flexibility index (Phi) is 3.55. The van der Waals surface area contributed by atoms with Crippen molar-refractivity contribution in [2.75, 3.05) is 0 Å². The summed E-state index contributed by atoms with van der Waals surface area (Å²) >= 11 is 0. The second kappa shape index (κ2) is 4.97. The lowest BCUT2D eigenvalue weighted by molar-refractivity contribution is 0.426. The van der Waals surface area contributed by atoms with Crippen LogP contribution in [0.1, 0.15) is 16.7 Å². The molecule has 92 valence electrons. The van der Waals surface area contributed by atoms with Crippen LogP contribution in [0.3, 0.4) is 0 Å². The van der Waals surface area contributed by atoms with Crippen molar-refractivity contribution in [3.8, 4) is 11.1 Å². The van der Waals surface area contributed by atoms with Crippen molar-refractivity contribution in [3.05, 3.63) is 53.1 Å². The lowest BCUT2D eigenvalue weighted by Gasteiger charge is -2.12. The third kappa shape index (κ3) is 2.47. The van der Waals surface area contributed by atoms with Crippen molar-refractivity contribution in [2.45, 2.75) is 20.8 Å². The van der Waals surface area contributed by atoms with E-state index in [0.717, 1.165) is 5.56 Å². The van der Waals surface area contributed by atoms with Gasteiger partial charge in [-0.25, -0.2) is 0 Å². The number of rotatable bonds is 2. The third-order valence-corrected chi connectivity index (χ3v) is 3.17. The molecule has 0 saturated carbocycles. The van der Waals surface area contributed by atoms with E-state index in [1.54, 1.807) is 12.1 Å². The molecule has 0 atom stereocenters. The van der Waals surface area contributed by atoms with Gasteiger partial charge in [0.15, 0.2) is 0 Å². The van der Waals surface area contributed by atoms with Gasteiger partial charge in [0.2, 0.25) is 0 Å². The van der Waals surface area contributed by atoms with Gasteiger partial charge in [-0.2, -0.15) is 0 Å². The minimum Gasteiger partial charge on any atom is -0.423 e. The maximum absolute atomic E-state index is 9.09. The molecule has 0 spiro atoms. The van der Waals surface area contributed by atoms with Gasteiger partial charge in [0, 0.05) is 0 Å². The normalized spacial score (nSPS) is 10.5. The minimum absolute atomic E-state index is 0.515. The largest absolute Gasteiger partial charge is 0.488 e. The molecular weight excluding hydrogens is 223 g/mol. The summed E-state index contributed by atoms with van der Waals surface area (Å²) < 4.78 is 0. The Morgan fingerprint density at radius 2 is 1.33 bits per heavy atom. The van der Waals surface area contributed by atoms with E-state index in [4.69, 9.17) is 10.0 Å². The van der Waals surface area contributed by atoms with Crippen LogP contribution in [-0.2, 0) is 0 Å². The summed E-state index contributed by atoms with van der Waals surface area (Å²) in [6.07, 6.45) is 0. The minimum atomic E-state index is -1.40. The van der Waals surface area contributed by atoms with E-state index in [1.165, 1.54) is 22.3 Å². The van der Waals surface area contributed by atoms with Crippen LogP contribution in [0.4, 0.5) is 0 Å². The fraction of sp³-hybridized carbons (Fsp3) is 0.200. The monoisotopic (exact) mass is 240 g/mol. The first-order valence-electron chi connectivity index (χ1n) is 6.03. The fourth-order valence-corrected chi connectivity index (χ4v) is 2.46. The number of aryl methyl sites for hydroxylation is 3. The molecule has 0 radical (unpaired) electrons. The molecule has 2 aromatic carbocycles. The second-order valence-electron chi connectivity index (χ2n) is 4.77. The lowest BCUT2D eigenvalue weighted by atomic mass is 9.79.